The van der Waals surface area contributed by atoms with Gasteiger partial charge in [0, 0.05) is 5.56 Å². The number of amides is 1. The quantitative estimate of drug-likeness (QED) is 0.575. The van der Waals surface area contributed by atoms with Crippen LogP contribution in [-0.2, 0) is 4.79 Å². The minimum Gasteiger partial charge on any atom is -0.494 e. The van der Waals surface area contributed by atoms with Crippen molar-refractivity contribution in [1.82, 2.24) is 9.78 Å². The predicted octanol–water partition coefficient (Wildman–Crippen LogP) is 5.13. The summed E-state index contributed by atoms with van der Waals surface area (Å²) in [7, 11) is 0. The average molecular weight is 408 g/mol. The third-order valence-corrected chi connectivity index (χ3v) is 6.23. The second-order valence-corrected chi connectivity index (χ2v) is 8.20. The van der Waals surface area contributed by atoms with Crippen molar-refractivity contribution in [3.63, 3.8) is 0 Å². The van der Waals surface area contributed by atoms with Crippen molar-refractivity contribution in [2.24, 2.45) is 0 Å². The lowest BCUT2D eigenvalue weighted by Gasteiger charge is -2.16. The smallest absolute Gasteiger partial charge is 0.235 e. The Hall–Kier alpha value is -2.73. The minimum absolute atomic E-state index is 0.00431. The van der Waals surface area contributed by atoms with E-state index < -0.39 is 0 Å². The van der Waals surface area contributed by atoms with Crippen molar-refractivity contribution in [2.45, 2.75) is 31.9 Å². The maximum atomic E-state index is 12.4. The topological polar surface area (TPSA) is 56.1 Å². The number of hydrogen-bond donors (Lipinski definition) is 1. The molecule has 150 valence electrons. The first kappa shape index (κ1) is 19.6. The molecule has 0 spiro atoms. The van der Waals surface area contributed by atoms with Gasteiger partial charge >= 0.3 is 0 Å². The fraction of sp³-hybridized carbons (Fsp3) is 0.304. The van der Waals surface area contributed by atoms with Crippen LogP contribution in [0.15, 0.2) is 54.6 Å². The molecule has 2 aromatic carbocycles. The van der Waals surface area contributed by atoms with Gasteiger partial charge in [0.25, 0.3) is 0 Å². The number of nitrogens with one attached hydrogen (secondary N) is 1. The van der Waals surface area contributed by atoms with Crippen molar-refractivity contribution in [3.8, 4) is 11.4 Å². The van der Waals surface area contributed by atoms with Crippen LogP contribution in [0.1, 0.15) is 41.8 Å². The monoisotopic (exact) mass is 407 g/mol. The van der Waals surface area contributed by atoms with Crippen molar-refractivity contribution in [1.29, 1.82) is 0 Å². The fourth-order valence-corrected chi connectivity index (χ4v) is 4.66. The molecule has 1 aromatic heterocycles. The molecule has 2 heterocycles. The summed E-state index contributed by atoms with van der Waals surface area (Å²) in [6, 6.07) is 18.1. The number of nitrogens with zero attached hydrogens (tertiary/aromatic N) is 2. The Balaban J connectivity index is 1.70. The molecule has 0 radical (unpaired) electrons. The standard InChI is InChI=1S/C23H25N3O2S/c1-3-4-14-28-19-12-10-17(11-13-19)22-21-16(2)25-26(18-8-6-5-7-9-18)23(21)24-20(27)15-29-22/h5-13,22H,3-4,14-15H2,1-2H3,(H,24,27)/t22-/m0/s1. The molecule has 0 unspecified atom stereocenters. The first-order chi connectivity index (χ1) is 14.2. The molecule has 1 aliphatic rings. The van der Waals surface area contributed by atoms with Crippen LogP contribution < -0.4 is 10.1 Å². The molecule has 5 nitrogen and oxygen atoms in total. The van der Waals surface area contributed by atoms with Crippen molar-refractivity contribution in [2.75, 3.05) is 17.7 Å². The molecule has 0 fully saturated rings. The zero-order valence-electron chi connectivity index (χ0n) is 16.7. The van der Waals surface area contributed by atoms with Gasteiger partial charge in [0.2, 0.25) is 5.91 Å². The molecular formula is C23H25N3O2S. The molecule has 0 aliphatic carbocycles. The molecule has 29 heavy (non-hydrogen) atoms. The Bertz CT molecular complexity index is 983. The van der Waals surface area contributed by atoms with Crippen LogP contribution >= 0.6 is 11.8 Å². The van der Waals surface area contributed by atoms with Crippen molar-refractivity contribution in [3.05, 3.63) is 71.4 Å². The Morgan fingerprint density at radius 2 is 1.93 bits per heavy atom. The molecule has 1 atom stereocenters. The Labute approximate surface area is 175 Å². The van der Waals surface area contributed by atoms with Crippen LogP contribution in [0, 0.1) is 6.92 Å². The number of para-hydroxylation sites is 1. The molecule has 1 amide bonds. The van der Waals surface area contributed by atoms with Gasteiger partial charge in [-0.15, -0.1) is 11.8 Å². The van der Waals surface area contributed by atoms with E-state index in [4.69, 9.17) is 9.84 Å². The van der Waals surface area contributed by atoms with Crippen LogP contribution in [0.5, 0.6) is 5.75 Å². The molecule has 0 saturated carbocycles. The molecule has 4 rings (SSSR count). The number of hydrogen-bond acceptors (Lipinski definition) is 4. The first-order valence-corrected chi connectivity index (χ1v) is 11.0. The van der Waals surface area contributed by atoms with E-state index in [1.54, 1.807) is 11.8 Å². The number of carbonyl (C=O) groups excluding carboxylic acids is 1. The summed E-state index contributed by atoms with van der Waals surface area (Å²) in [6.45, 7) is 4.89. The zero-order valence-corrected chi connectivity index (χ0v) is 17.5. The fourth-order valence-electron chi connectivity index (χ4n) is 3.48. The average Bonchev–Trinajstić information content (AvgIpc) is 2.95. The summed E-state index contributed by atoms with van der Waals surface area (Å²) in [5.74, 6) is 2.04. The summed E-state index contributed by atoms with van der Waals surface area (Å²) < 4.78 is 7.63. The highest BCUT2D eigenvalue weighted by Gasteiger charge is 2.30. The largest absolute Gasteiger partial charge is 0.494 e. The second kappa shape index (κ2) is 8.74. The number of thioether (sulfide) groups is 1. The maximum absolute atomic E-state index is 12.4. The zero-order chi connectivity index (χ0) is 20.2. The van der Waals surface area contributed by atoms with Gasteiger partial charge < -0.3 is 10.1 Å². The third kappa shape index (κ3) is 4.17. The number of benzene rings is 2. The van der Waals surface area contributed by atoms with Crippen LogP contribution in [0.25, 0.3) is 5.69 Å². The van der Waals surface area contributed by atoms with Gasteiger partial charge in [0.05, 0.1) is 29.0 Å². The van der Waals surface area contributed by atoms with Gasteiger partial charge in [-0.2, -0.15) is 5.10 Å². The summed E-state index contributed by atoms with van der Waals surface area (Å²) >= 11 is 1.63. The lowest BCUT2D eigenvalue weighted by Crippen LogP contribution is -2.15. The van der Waals surface area contributed by atoms with Crippen molar-refractivity contribution < 1.29 is 9.53 Å². The lowest BCUT2D eigenvalue weighted by atomic mass is 10.0. The van der Waals surface area contributed by atoms with E-state index in [9.17, 15) is 4.79 Å². The highest BCUT2D eigenvalue weighted by Crippen LogP contribution is 2.44. The van der Waals surface area contributed by atoms with Gasteiger partial charge in [0.1, 0.15) is 11.6 Å². The van der Waals surface area contributed by atoms with Crippen LogP contribution in [-0.4, -0.2) is 28.0 Å². The molecule has 1 aliphatic heterocycles. The summed E-state index contributed by atoms with van der Waals surface area (Å²) in [4.78, 5) is 12.4. The second-order valence-electron chi connectivity index (χ2n) is 7.11. The van der Waals surface area contributed by atoms with Crippen LogP contribution in [0.2, 0.25) is 0 Å². The van der Waals surface area contributed by atoms with E-state index in [2.05, 4.69) is 24.4 Å². The first-order valence-electron chi connectivity index (χ1n) is 9.96. The van der Waals surface area contributed by atoms with Gasteiger partial charge in [-0.05, 0) is 43.2 Å². The predicted molar refractivity (Wildman–Crippen MR) is 118 cm³/mol. The maximum Gasteiger partial charge on any atom is 0.235 e. The Kier molecular flexibility index (Phi) is 5.90. The number of aryl methyl sites for hydroxylation is 1. The molecule has 0 saturated heterocycles. The number of ether oxygens (including phenoxy) is 1. The minimum atomic E-state index is -0.00431. The van der Waals surface area contributed by atoms with Crippen LogP contribution in [0.4, 0.5) is 5.82 Å². The number of carbonyl (C=O) groups is 1. The normalized spacial score (nSPS) is 16.1. The Morgan fingerprint density at radius 1 is 1.17 bits per heavy atom. The lowest BCUT2D eigenvalue weighted by molar-refractivity contribution is -0.113. The van der Waals surface area contributed by atoms with E-state index in [0.717, 1.165) is 53.5 Å². The number of fused-ring (bicyclic) bond motifs is 1. The van der Waals surface area contributed by atoms with Gasteiger partial charge in [-0.3, -0.25) is 4.79 Å². The van der Waals surface area contributed by atoms with Gasteiger partial charge in [-0.1, -0.05) is 43.7 Å². The summed E-state index contributed by atoms with van der Waals surface area (Å²) in [5, 5.41) is 7.85. The van der Waals surface area contributed by atoms with Gasteiger partial charge in [0.15, 0.2) is 0 Å². The number of rotatable bonds is 6. The number of aromatic nitrogens is 2. The number of unbranched alkanes of at least 4 members (excludes halogenated alkanes) is 1. The SMILES string of the molecule is CCCCOc1ccc([C@@H]2SCC(=O)Nc3c2c(C)nn3-c2ccccc2)cc1. The summed E-state index contributed by atoms with van der Waals surface area (Å²) in [6.07, 6.45) is 2.17. The summed E-state index contributed by atoms with van der Waals surface area (Å²) in [5.41, 5.74) is 4.06. The van der Waals surface area contributed by atoms with E-state index in [1.807, 2.05) is 54.1 Å². The van der Waals surface area contributed by atoms with Crippen molar-refractivity contribution >= 4 is 23.5 Å². The highest BCUT2D eigenvalue weighted by molar-refractivity contribution is 8.00. The van der Waals surface area contributed by atoms with E-state index in [0.29, 0.717) is 5.75 Å². The molecule has 6 heteroatoms. The molecule has 3 aromatic rings. The van der Waals surface area contributed by atoms with E-state index >= 15 is 0 Å². The van der Waals surface area contributed by atoms with Crippen LogP contribution in [0.3, 0.4) is 0 Å². The van der Waals surface area contributed by atoms with Gasteiger partial charge in [-0.25, -0.2) is 4.68 Å². The van der Waals surface area contributed by atoms with E-state index in [-0.39, 0.29) is 11.2 Å². The molecule has 1 N–H and O–H groups in total. The van der Waals surface area contributed by atoms with E-state index in [1.165, 1.54) is 0 Å². The molecular weight excluding hydrogens is 382 g/mol. The Morgan fingerprint density at radius 3 is 2.66 bits per heavy atom. The number of anilines is 1. The third-order valence-electron chi connectivity index (χ3n) is 4.96. The highest BCUT2D eigenvalue weighted by atomic mass is 32.2. The molecule has 0 bridgehead atoms.